The number of methoxy groups -OCH3 is 1. The lowest BCUT2D eigenvalue weighted by Crippen LogP contribution is -2.31. The number of benzene rings is 2. The first-order chi connectivity index (χ1) is 13.5. The topological polar surface area (TPSA) is 84.1 Å². The number of hydrogen-bond donors (Lipinski definition) is 2. The number of imidazole rings is 1. The molecule has 0 bridgehead atoms. The summed E-state index contributed by atoms with van der Waals surface area (Å²) in [4.78, 5) is 31.8. The van der Waals surface area contributed by atoms with Gasteiger partial charge in [-0.25, -0.2) is 9.78 Å². The zero-order valence-electron chi connectivity index (χ0n) is 16.1. The predicted molar refractivity (Wildman–Crippen MR) is 109 cm³/mol. The van der Waals surface area contributed by atoms with E-state index in [-0.39, 0.29) is 23.8 Å². The number of fused-ring (bicyclic) bond motifs is 1. The second-order valence-electron chi connectivity index (χ2n) is 6.82. The van der Waals surface area contributed by atoms with Crippen LogP contribution < -0.4 is 5.32 Å². The van der Waals surface area contributed by atoms with Crippen LogP contribution in [0.4, 0.5) is 0 Å². The molecule has 1 atom stereocenters. The molecule has 0 aliphatic rings. The van der Waals surface area contributed by atoms with Gasteiger partial charge in [0.15, 0.2) is 0 Å². The fourth-order valence-electron chi connectivity index (χ4n) is 2.89. The van der Waals surface area contributed by atoms with Gasteiger partial charge in [0.05, 0.1) is 29.7 Å². The minimum atomic E-state index is -0.390. The number of ether oxygens (including phenoxy) is 1. The van der Waals surface area contributed by atoms with Crippen LogP contribution in [0.1, 0.15) is 41.6 Å². The lowest BCUT2D eigenvalue weighted by Gasteiger charge is -2.19. The second kappa shape index (κ2) is 8.52. The Hall–Kier alpha value is -3.41. The Balaban J connectivity index is 1.70. The van der Waals surface area contributed by atoms with Crippen molar-refractivity contribution in [2.45, 2.75) is 19.9 Å². The molecule has 1 heterocycles. The van der Waals surface area contributed by atoms with Crippen molar-refractivity contribution in [3.05, 3.63) is 71.6 Å². The molecule has 0 saturated heterocycles. The van der Waals surface area contributed by atoms with Crippen molar-refractivity contribution in [2.75, 3.05) is 7.11 Å². The first kappa shape index (κ1) is 19.4. The molecule has 6 heteroatoms. The standard InChI is InChI=1S/C22H23N3O3/c1-14(2)20(21-23-17-6-4-5-7-18(17)24-21)25-19(26)13-10-15-8-11-16(12-9-15)22(27)28-3/h4-14,20H,1-3H3,(H,23,24)(H,25,26)/b13-10+/t20-/m0/s1. The van der Waals surface area contributed by atoms with Gasteiger partial charge in [0.1, 0.15) is 5.82 Å². The third kappa shape index (κ3) is 4.46. The number of amides is 1. The van der Waals surface area contributed by atoms with Crippen LogP contribution in [-0.4, -0.2) is 29.0 Å². The maximum Gasteiger partial charge on any atom is 0.337 e. The Morgan fingerprint density at radius 2 is 1.82 bits per heavy atom. The number of carbonyl (C=O) groups excluding carboxylic acids is 2. The van der Waals surface area contributed by atoms with E-state index in [0.717, 1.165) is 22.4 Å². The highest BCUT2D eigenvalue weighted by Crippen LogP contribution is 2.22. The summed E-state index contributed by atoms with van der Waals surface area (Å²) in [6.07, 6.45) is 3.18. The number of aromatic nitrogens is 2. The summed E-state index contributed by atoms with van der Waals surface area (Å²) in [5, 5.41) is 3.01. The van der Waals surface area contributed by atoms with Gasteiger partial charge in [-0.2, -0.15) is 0 Å². The number of rotatable bonds is 6. The first-order valence-electron chi connectivity index (χ1n) is 9.09. The molecule has 0 radical (unpaired) electrons. The first-order valence-corrected chi connectivity index (χ1v) is 9.09. The molecule has 1 aromatic heterocycles. The predicted octanol–water partition coefficient (Wildman–Crippen LogP) is 3.88. The quantitative estimate of drug-likeness (QED) is 0.504. The Kier molecular flexibility index (Phi) is 5.89. The average molecular weight is 377 g/mol. The van der Waals surface area contributed by atoms with Crippen LogP contribution in [0, 0.1) is 5.92 Å². The number of nitrogens with one attached hydrogen (secondary N) is 2. The van der Waals surface area contributed by atoms with E-state index in [1.807, 2.05) is 38.1 Å². The lowest BCUT2D eigenvalue weighted by atomic mass is 10.0. The maximum atomic E-state index is 12.4. The highest BCUT2D eigenvalue weighted by molar-refractivity contribution is 5.92. The number of hydrogen-bond acceptors (Lipinski definition) is 4. The molecule has 3 rings (SSSR count). The van der Waals surface area contributed by atoms with E-state index in [1.165, 1.54) is 13.2 Å². The Morgan fingerprint density at radius 1 is 1.11 bits per heavy atom. The summed E-state index contributed by atoms with van der Waals surface area (Å²) in [7, 11) is 1.34. The summed E-state index contributed by atoms with van der Waals surface area (Å²) in [5.74, 6) is 0.299. The van der Waals surface area contributed by atoms with Gasteiger partial charge >= 0.3 is 5.97 Å². The van der Waals surface area contributed by atoms with Gasteiger partial charge in [-0.3, -0.25) is 4.79 Å². The number of carbonyl (C=O) groups is 2. The molecule has 0 aliphatic carbocycles. The van der Waals surface area contributed by atoms with E-state index >= 15 is 0 Å². The highest BCUT2D eigenvalue weighted by atomic mass is 16.5. The molecule has 28 heavy (non-hydrogen) atoms. The molecular formula is C22H23N3O3. The van der Waals surface area contributed by atoms with Crippen molar-refractivity contribution in [3.8, 4) is 0 Å². The van der Waals surface area contributed by atoms with Crippen molar-refractivity contribution in [1.29, 1.82) is 0 Å². The SMILES string of the molecule is COC(=O)c1ccc(/C=C/C(=O)N[C@H](c2nc3ccccc3[nH]2)C(C)C)cc1. The smallest absolute Gasteiger partial charge is 0.337 e. The van der Waals surface area contributed by atoms with E-state index in [1.54, 1.807) is 30.3 Å². The molecule has 2 aromatic carbocycles. The van der Waals surface area contributed by atoms with Crippen molar-refractivity contribution in [2.24, 2.45) is 5.92 Å². The molecule has 0 spiro atoms. The molecule has 1 amide bonds. The molecule has 0 saturated carbocycles. The zero-order chi connectivity index (χ0) is 20.1. The molecule has 0 fully saturated rings. The largest absolute Gasteiger partial charge is 0.465 e. The van der Waals surface area contributed by atoms with Crippen LogP contribution in [0.15, 0.2) is 54.6 Å². The van der Waals surface area contributed by atoms with Crippen molar-refractivity contribution < 1.29 is 14.3 Å². The van der Waals surface area contributed by atoms with Crippen molar-refractivity contribution in [3.63, 3.8) is 0 Å². The summed E-state index contributed by atoms with van der Waals surface area (Å²) in [5.41, 5.74) is 3.10. The average Bonchev–Trinajstić information content (AvgIpc) is 3.13. The number of esters is 1. The number of aromatic amines is 1. The van der Waals surface area contributed by atoms with Gasteiger partial charge in [-0.05, 0) is 41.8 Å². The third-order valence-corrected chi connectivity index (χ3v) is 4.43. The van der Waals surface area contributed by atoms with E-state index in [9.17, 15) is 9.59 Å². The third-order valence-electron chi connectivity index (χ3n) is 4.43. The molecule has 144 valence electrons. The van der Waals surface area contributed by atoms with Gasteiger partial charge in [0.25, 0.3) is 0 Å². The molecular weight excluding hydrogens is 354 g/mol. The normalized spacial score (nSPS) is 12.4. The highest BCUT2D eigenvalue weighted by Gasteiger charge is 2.20. The van der Waals surface area contributed by atoms with Gasteiger partial charge < -0.3 is 15.0 Å². The van der Waals surface area contributed by atoms with Crippen molar-refractivity contribution >= 4 is 29.0 Å². The molecule has 3 aromatic rings. The monoisotopic (exact) mass is 377 g/mol. The molecule has 2 N–H and O–H groups in total. The lowest BCUT2D eigenvalue weighted by molar-refractivity contribution is -0.117. The minimum Gasteiger partial charge on any atom is -0.465 e. The maximum absolute atomic E-state index is 12.4. The van der Waals surface area contributed by atoms with Crippen LogP contribution in [-0.2, 0) is 9.53 Å². The Labute approximate surface area is 163 Å². The van der Waals surface area contributed by atoms with Gasteiger partial charge in [0.2, 0.25) is 5.91 Å². The number of para-hydroxylation sites is 2. The summed E-state index contributed by atoms with van der Waals surface area (Å²) >= 11 is 0. The van der Waals surface area contributed by atoms with Crippen LogP contribution in [0.25, 0.3) is 17.1 Å². The van der Waals surface area contributed by atoms with Crippen LogP contribution in [0.3, 0.4) is 0 Å². The van der Waals surface area contributed by atoms with E-state index < -0.39 is 0 Å². The summed E-state index contributed by atoms with van der Waals surface area (Å²) in [6, 6.07) is 14.4. The Bertz CT molecular complexity index is 970. The van der Waals surface area contributed by atoms with Gasteiger partial charge in [0, 0.05) is 6.08 Å². The van der Waals surface area contributed by atoms with Crippen molar-refractivity contribution in [1.82, 2.24) is 15.3 Å². The summed E-state index contributed by atoms with van der Waals surface area (Å²) in [6.45, 7) is 4.07. The molecule has 6 nitrogen and oxygen atoms in total. The van der Waals surface area contributed by atoms with Crippen LogP contribution in [0.2, 0.25) is 0 Å². The molecule has 0 aliphatic heterocycles. The minimum absolute atomic E-state index is 0.164. The van der Waals surface area contributed by atoms with Crippen LogP contribution in [0.5, 0.6) is 0 Å². The van der Waals surface area contributed by atoms with Gasteiger partial charge in [-0.15, -0.1) is 0 Å². The van der Waals surface area contributed by atoms with Gasteiger partial charge in [-0.1, -0.05) is 38.1 Å². The van der Waals surface area contributed by atoms with E-state index in [0.29, 0.717) is 5.56 Å². The number of nitrogens with zero attached hydrogens (tertiary/aromatic N) is 1. The zero-order valence-corrected chi connectivity index (χ0v) is 16.1. The van der Waals surface area contributed by atoms with E-state index in [2.05, 4.69) is 20.0 Å². The fourth-order valence-corrected chi connectivity index (χ4v) is 2.89. The molecule has 0 unspecified atom stereocenters. The van der Waals surface area contributed by atoms with Crippen LogP contribution >= 0.6 is 0 Å². The second-order valence-corrected chi connectivity index (χ2v) is 6.82. The Morgan fingerprint density at radius 3 is 2.46 bits per heavy atom. The fraction of sp³-hybridized carbons (Fsp3) is 0.227. The summed E-state index contributed by atoms with van der Waals surface area (Å²) < 4.78 is 4.67. The van der Waals surface area contributed by atoms with E-state index in [4.69, 9.17) is 0 Å². The number of H-pyrrole nitrogens is 1.